The number of aromatic nitrogens is 2. The molecular weight excluding hydrogens is 253 g/mol. The number of fused-ring (bicyclic) bond motifs is 1. The van der Waals surface area contributed by atoms with Gasteiger partial charge in [0.05, 0.1) is 17.4 Å². The number of hydrogen-bond donors (Lipinski definition) is 1. The molecule has 96 valence electrons. The second-order valence-electron chi connectivity index (χ2n) is 3.35. The van der Waals surface area contributed by atoms with Gasteiger partial charge in [-0.25, -0.2) is 9.78 Å². The largest absolute Gasteiger partial charge is 0.415 e. The first-order chi connectivity index (χ1) is 8.47. The van der Waals surface area contributed by atoms with Crippen LogP contribution < -0.4 is 0 Å². The van der Waals surface area contributed by atoms with Gasteiger partial charge in [0, 0.05) is 0 Å². The smallest absolute Gasteiger partial charge is 0.345 e. The Morgan fingerprint density at radius 3 is 2.89 bits per heavy atom. The minimum absolute atomic E-state index is 0.0240. The number of carbonyl (C=O) groups excluding carboxylic acids is 1. The fourth-order valence-corrected chi connectivity index (χ4v) is 1.32. The molecule has 0 unspecified atom stereocenters. The molecule has 0 aliphatic heterocycles. The van der Waals surface area contributed by atoms with Crippen LogP contribution in [0.25, 0.3) is 11.0 Å². The van der Waals surface area contributed by atoms with Crippen LogP contribution in [0.1, 0.15) is 10.4 Å². The number of benzene rings is 1. The molecular formula is C10H7F3N2O3. The van der Waals surface area contributed by atoms with E-state index in [4.69, 9.17) is 0 Å². The highest BCUT2D eigenvalue weighted by molar-refractivity contribution is 6.01. The lowest BCUT2D eigenvalue weighted by molar-refractivity contribution is -0.302. The van der Waals surface area contributed by atoms with Crippen molar-refractivity contribution in [3.8, 4) is 0 Å². The molecule has 0 fully saturated rings. The third-order valence-electron chi connectivity index (χ3n) is 2.03. The van der Waals surface area contributed by atoms with Gasteiger partial charge in [-0.15, -0.1) is 0 Å². The molecule has 0 amide bonds. The number of nitrogens with zero attached hydrogens (tertiary/aromatic N) is 1. The number of rotatable bonds is 3. The fraction of sp³-hybridized carbons (Fsp3) is 0.200. The average molecular weight is 260 g/mol. The summed E-state index contributed by atoms with van der Waals surface area (Å²) in [4.78, 5) is 26.0. The molecule has 0 saturated heterocycles. The SMILES string of the molecule is O=C(OOCC(F)(F)F)c1cccc2[nH]cnc12. The van der Waals surface area contributed by atoms with Crippen molar-refractivity contribution in [1.82, 2.24) is 9.97 Å². The Labute approximate surface area is 98.5 Å². The average Bonchev–Trinajstić information content (AvgIpc) is 2.74. The zero-order valence-corrected chi connectivity index (χ0v) is 8.82. The van der Waals surface area contributed by atoms with Gasteiger partial charge >= 0.3 is 12.1 Å². The number of H-pyrrole nitrogens is 1. The Morgan fingerprint density at radius 2 is 2.17 bits per heavy atom. The Morgan fingerprint density at radius 1 is 1.39 bits per heavy atom. The second-order valence-corrected chi connectivity index (χ2v) is 3.35. The summed E-state index contributed by atoms with van der Waals surface area (Å²) in [6, 6.07) is 4.58. The van der Waals surface area contributed by atoms with Gasteiger partial charge in [0.2, 0.25) is 0 Å². The summed E-state index contributed by atoms with van der Waals surface area (Å²) in [5.41, 5.74) is 0.898. The predicted octanol–water partition coefficient (Wildman–Crippen LogP) is 2.21. The van der Waals surface area contributed by atoms with Crippen LogP contribution in [-0.4, -0.2) is 28.7 Å². The summed E-state index contributed by atoms with van der Waals surface area (Å²) >= 11 is 0. The maximum absolute atomic E-state index is 11.8. The van der Waals surface area contributed by atoms with E-state index in [1.165, 1.54) is 12.4 Å². The van der Waals surface area contributed by atoms with Gasteiger partial charge in [-0.2, -0.15) is 18.1 Å². The van der Waals surface area contributed by atoms with Gasteiger partial charge in [0.15, 0.2) is 6.61 Å². The van der Waals surface area contributed by atoms with E-state index in [1.54, 1.807) is 12.1 Å². The van der Waals surface area contributed by atoms with Crippen LogP contribution in [-0.2, 0) is 9.78 Å². The van der Waals surface area contributed by atoms with E-state index in [0.29, 0.717) is 11.0 Å². The van der Waals surface area contributed by atoms with E-state index in [9.17, 15) is 18.0 Å². The van der Waals surface area contributed by atoms with E-state index in [1.807, 2.05) is 0 Å². The van der Waals surface area contributed by atoms with Crippen LogP contribution in [0, 0.1) is 0 Å². The van der Waals surface area contributed by atoms with Crippen LogP contribution in [0.15, 0.2) is 24.5 Å². The Kier molecular flexibility index (Phi) is 3.19. The van der Waals surface area contributed by atoms with E-state index in [-0.39, 0.29) is 5.56 Å². The van der Waals surface area contributed by atoms with Gasteiger partial charge in [-0.3, -0.25) is 4.89 Å². The normalized spacial score (nSPS) is 11.7. The van der Waals surface area contributed by atoms with Crippen molar-refractivity contribution in [3.63, 3.8) is 0 Å². The Bertz CT molecular complexity index is 565. The van der Waals surface area contributed by atoms with E-state index in [0.717, 1.165) is 0 Å². The molecule has 0 spiro atoms. The molecule has 0 saturated carbocycles. The van der Waals surface area contributed by atoms with E-state index in [2.05, 4.69) is 19.7 Å². The summed E-state index contributed by atoms with van der Waals surface area (Å²) in [6.07, 6.45) is -3.20. The lowest BCUT2D eigenvalue weighted by Gasteiger charge is -2.06. The molecule has 8 heteroatoms. The topological polar surface area (TPSA) is 64.2 Å². The standard InChI is InChI=1S/C10H7F3N2O3/c11-10(12,13)4-17-18-9(16)6-2-1-3-7-8(6)15-5-14-7/h1-3,5H,4H2,(H,14,15). The fourth-order valence-electron chi connectivity index (χ4n) is 1.32. The molecule has 0 aliphatic carbocycles. The Balaban J connectivity index is 2.07. The molecule has 2 rings (SSSR count). The predicted molar refractivity (Wildman–Crippen MR) is 53.5 cm³/mol. The van der Waals surface area contributed by atoms with Crippen molar-refractivity contribution < 1.29 is 27.7 Å². The van der Waals surface area contributed by atoms with Crippen molar-refractivity contribution in [3.05, 3.63) is 30.1 Å². The highest BCUT2D eigenvalue weighted by atomic mass is 19.4. The van der Waals surface area contributed by atoms with Crippen LogP contribution in [0.2, 0.25) is 0 Å². The highest BCUT2D eigenvalue weighted by Gasteiger charge is 2.29. The van der Waals surface area contributed by atoms with Crippen molar-refractivity contribution in [2.24, 2.45) is 0 Å². The number of carbonyl (C=O) groups is 1. The van der Waals surface area contributed by atoms with Gasteiger partial charge in [0.1, 0.15) is 5.52 Å². The number of para-hydroxylation sites is 1. The van der Waals surface area contributed by atoms with Crippen molar-refractivity contribution in [2.75, 3.05) is 6.61 Å². The maximum atomic E-state index is 11.8. The first kappa shape index (κ1) is 12.4. The Hall–Kier alpha value is -2.09. The molecule has 0 bridgehead atoms. The molecule has 2 aromatic rings. The summed E-state index contributed by atoms with van der Waals surface area (Å²) in [5, 5.41) is 0. The van der Waals surface area contributed by atoms with Crippen LogP contribution in [0.4, 0.5) is 13.2 Å². The maximum Gasteiger partial charge on any atom is 0.415 e. The molecule has 1 aromatic heterocycles. The van der Waals surface area contributed by atoms with Crippen molar-refractivity contribution in [2.45, 2.75) is 6.18 Å². The molecule has 1 N–H and O–H groups in total. The monoisotopic (exact) mass is 260 g/mol. The quantitative estimate of drug-likeness (QED) is 0.678. The third kappa shape index (κ3) is 2.77. The third-order valence-corrected chi connectivity index (χ3v) is 2.03. The molecule has 18 heavy (non-hydrogen) atoms. The lowest BCUT2D eigenvalue weighted by atomic mass is 10.2. The lowest BCUT2D eigenvalue weighted by Crippen LogP contribution is -2.19. The van der Waals surface area contributed by atoms with Crippen LogP contribution in [0.3, 0.4) is 0 Å². The summed E-state index contributed by atoms with van der Waals surface area (Å²) in [7, 11) is 0. The first-order valence-corrected chi connectivity index (χ1v) is 4.80. The minimum Gasteiger partial charge on any atom is -0.345 e. The minimum atomic E-state index is -4.56. The summed E-state index contributed by atoms with van der Waals surface area (Å²) in [6.45, 7) is -1.66. The van der Waals surface area contributed by atoms with Gasteiger partial charge in [0.25, 0.3) is 0 Å². The molecule has 1 aromatic carbocycles. The second kappa shape index (κ2) is 4.65. The molecule has 5 nitrogen and oxygen atoms in total. The first-order valence-electron chi connectivity index (χ1n) is 4.80. The number of alkyl halides is 3. The number of hydrogen-bond acceptors (Lipinski definition) is 4. The molecule has 1 heterocycles. The number of nitrogens with one attached hydrogen (secondary N) is 1. The van der Waals surface area contributed by atoms with E-state index < -0.39 is 18.8 Å². The van der Waals surface area contributed by atoms with Gasteiger partial charge < -0.3 is 4.98 Å². The van der Waals surface area contributed by atoms with Crippen molar-refractivity contribution in [1.29, 1.82) is 0 Å². The molecule has 0 aliphatic rings. The zero-order valence-electron chi connectivity index (χ0n) is 8.82. The van der Waals surface area contributed by atoms with Gasteiger partial charge in [-0.1, -0.05) is 6.07 Å². The number of halogens is 3. The number of aromatic amines is 1. The highest BCUT2D eigenvalue weighted by Crippen LogP contribution is 2.17. The summed E-state index contributed by atoms with van der Waals surface area (Å²) in [5.74, 6) is -1.03. The van der Waals surface area contributed by atoms with Crippen LogP contribution >= 0.6 is 0 Å². The van der Waals surface area contributed by atoms with Gasteiger partial charge in [-0.05, 0) is 12.1 Å². The molecule has 0 radical (unpaired) electrons. The van der Waals surface area contributed by atoms with Crippen molar-refractivity contribution >= 4 is 17.0 Å². The molecule has 0 atom stereocenters. The number of imidazole rings is 1. The summed E-state index contributed by atoms with van der Waals surface area (Å²) < 4.78 is 35.3. The zero-order chi connectivity index (χ0) is 13.2. The van der Waals surface area contributed by atoms with E-state index >= 15 is 0 Å². The van der Waals surface area contributed by atoms with Crippen LogP contribution in [0.5, 0.6) is 0 Å².